The minimum absolute atomic E-state index is 0.0632. The predicted octanol–water partition coefficient (Wildman–Crippen LogP) is -0.0957. The maximum absolute atomic E-state index is 12.3. The number of carboxylic acid groups (broad SMARTS) is 1. The lowest BCUT2D eigenvalue weighted by molar-refractivity contribution is -0.305. The van der Waals surface area contributed by atoms with E-state index >= 15 is 0 Å². The molecule has 0 radical (unpaired) electrons. The van der Waals surface area contributed by atoms with Crippen molar-refractivity contribution in [2.45, 2.75) is 22.5 Å². The van der Waals surface area contributed by atoms with Crippen LogP contribution in [0.25, 0.3) is 0 Å². The number of alkyl halides is 2. The zero-order valence-electron chi connectivity index (χ0n) is 9.92. The Morgan fingerprint density at radius 1 is 1.16 bits per heavy atom. The fourth-order valence-electron chi connectivity index (χ4n) is 3.83. The van der Waals surface area contributed by atoms with Crippen molar-refractivity contribution in [3.05, 3.63) is 0 Å². The predicted molar refractivity (Wildman–Crippen MR) is 70.4 cm³/mol. The molecule has 19 heavy (non-hydrogen) atoms. The van der Waals surface area contributed by atoms with Crippen molar-refractivity contribution in [3.63, 3.8) is 0 Å². The molecule has 1 heterocycles. The van der Waals surface area contributed by atoms with Crippen molar-refractivity contribution in [2.75, 3.05) is 6.54 Å². The normalized spacial score (nSPS) is 44.0. The molecule has 3 rings (SSSR count). The fourth-order valence-corrected chi connectivity index (χ4v) is 5.71. The summed E-state index contributed by atoms with van der Waals surface area (Å²) in [6, 6.07) is 0. The molecule has 7 heteroatoms. The highest BCUT2D eigenvalue weighted by Crippen LogP contribution is 2.60. The summed E-state index contributed by atoms with van der Waals surface area (Å²) in [4.78, 5) is 36.6. The number of fused-ring (bicyclic) bond motifs is 5. The molecule has 1 aliphatic heterocycles. The van der Waals surface area contributed by atoms with Gasteiger partial charge >= 0.3 is 0 Å². The number of hydrogen-bond acceptors (Lipinski definition) is 4. The Hall–Kier alpha value is -0.430. The van der Waals surface area contributed by atoms with Crippen molar-refractivity contribution < 1.29 is 19.5 Å². The van der Waals surface area contributed by atoms with Crippen LogP contribution in [-0.2, 0) is 14.4 Å². The van der Waals surface area contributed by atoms with Gasteiger partial charge in [0.1, 0.15) is 0 Å². The van der Waals surface area contributed by atoms with Gasteiger partial charge in [0.25, 0.3) is 0 Å². The first-order chi connectivity index (χ1) is 8.93. The Balaban J connectivity index is 1.83. The first-order valence-corrected chi connectivity index (χ1v) is 8.10. The van der Waals surface area contributed by atoms with Gasteiger partial charge in [0.2, 0.25) is 11.8 Å². The lowest BCUT2D eigenvalue weighted by Crippen LogP contribution is -2.37. The second-order valence-corrected chi connectivity index (χ2v) is 7.57. The number of amides is 2. The molecule has 6 atom stereocenters. The van der Waals surface area contributed by atoms with Crippen LogP contribution in [0, 0.1) is 23.7 Å². The summed E-state index contributed by atoms with van der Waals surface area (Å²) < 4.78 is 0. The third kappa shape index (κ3) is 1.81. The molecular weight excluding hydrogens is 382 g/mol. The summed E-state index contributed by atoms with van der Waals surface area (Å²) in [6.07, 6.45) is 0.592. The van der Waals surface area contributed by atoms with Gasteiger partial charge in [-0.3, -0.25) is 14.5 Å². The van der Waals surface area contributed by atoms with E-state index in [0.29, 0.717) is 0 Å². The van der Waals surface area contributed by atoms with E-state index in [1.165, 1.54) is 0 Å². The van der Waals surface area contributed by atoms with E-state index in [1.807, 2.05) is 0 Å². The molecule has 3 fully saturated rings. The largest absolute Gasteiger partial charge is 0.550 e. The average Bonchev–Trinajstić information content (AvgIpc) is 2.93. The van der Waals surface area contributed by atoms with E-state index in [4.69, 9.17) is 0 Å². The minimum atomic E-state index is -1.24. The number of carboxylic acids is 1. The first-order valence-electron chi connectivity index (χ1n) is 6.26. The SMILES string of the molecule is O=C([O-])CCN1C(=O)[C@@H]2[C@H]3C[C@H]([C@H](Br)[C@H]3Br)[C@@H]2C1=O. The van der Waals surface area contributed by atoms with E-state index in [2.05, 4.69) is 31.9 Å². The molecule has 0 spiro atoms. The molecule has 0 aromatic rings. The van der Waals surface area contributed by atoms with E-state index in [-0.39, 0.29) is 58.1 Å². The molecule has 5 nitrogen and oxygen atoms in total. The molecule has 2 bridgehead atoms. The zero-order chi connectivity index (χ0) is 13.9. The third-order valence-electron chi connectivity index (χ3n) is 4.62. The molecule has 3 aliphatic rings. The van der Waals surface area contributed by atoms with Gasteiger partial charge in [-0.25, -0.2) is 0 Å². The summed E-state index contributed by atoms with van der Waals surface area (Å²) >= 11 is 7.19. The lowest BCUT2D eigenvalue weighted by atomic mass is 9.81. The van der Waals surface area contributed by atoms with Gasteiger partial charge in [-0.05, 0) is 18.3 Å². The van der Waals surface area contributed by atoms with Gasteiger partial charge in [0.15, 0.2) is 0 Å². The van der Waals surface area contributed by atoms with Crippen molar-refractivity contribution >= 4 is 49.6 Å². The van der Waals surface area contributed by atoms with Crippen molar-refractivity contribution in [1.29, 1.82) is 0 Å². The van der Waals surface area contributed by atoms with Crippen molar-refractivity contribution in [2.24, 2.45) is 23.7 Å². The highest BCUT2D eigenvalue weighted by molar-refractivity contribution is 9.12. The Bertz CT molecular complexity index is 437. The zero-order valence-corrected chi connectivity index (χ0v) is 13.1. The van der Waals surface area contributed by atoms with Crippen molar-refractivity contribution in [3.8, 4) is 0 Å². The van der Waals surface area contributed by atoms with Gasteiger partial charge in [-0.1, -0.05) is 31.9 Å². The maximum Gasteiger partial charge on any atom is 0.233 e. The number of nitrogens with zero attached hydrogens (tertiary/aromatic N) is 1. The topological polar surface area (TPSA) is 77.5 Å². The van der Waals surface area contributed by atoms with Gasteiger partial charge in [-0.15, -0.1) is 0 Å². The Kier molecular flexibility index (Phi) is 3.24. The quantitative estimate of drug-likeness (QED) is 0.495. The Morgan fingerprint density at radius 2 is 1.63 bits per heavy atom. The highest BCUT2D eigenvalue weighted by atomic mass is 79.9. The van der Waals surface area contributed by atoms with Crippen LogP contribution in [0.4, 0.5) is 0 Å². The van der Waals surface area contributed by atoms with Crippen LogP contribution in [0.2, 0.25) is 0 Å². The summed E-state index contributed by atoms with van der Waals surface area (Å²) in [5, 5.41) is 10.5. The molecular formula is C12H12Br2NO4-. The highest BCUT2D eigenvalue weighted by Gasteiger charge is 2.66. The van der Waals surface area contributed by atoms with Gasteiger partial charge < -0.3 is 9.90 Å². The van der Waals surface area contributed by atoms with Gasteiger partial charge in [0, 0.05) is 28.6 Å². The molecule has 104 valence electrons. The lowest BCUT2D eigenvalue weighted by Gasteiger charge is -2.28. The second kappa shape index (κ2) is 4.55. The van der Waals surface area contributed by atoms with Gasteiger partial charge in [0.05, 0.1) is 11.8 Å². The minimum Gasteiger partial charge on any atom is -0.550 e. The fraction of sp³-hybridized carbons (Fsp3) is 0.750. The van der Waals surface area contributed by atoms with E-state index in [0.717, 1.165) is 11.3 Å². The van der Waals surface area contributed by atoms with Crippen LogP contribution in [0.1, 0.15) is 12.8 Å². The number of aliphatic carboxylic acids is 1. The number of hydrogen-bond donors (Lipinski definition) is 0. The molecule has 0 aromatic carbocycles. The molecule has 0 unspecified atom stereocenters. The van der Waals surface area contributed by atoms with Crippen LogP contribution >= 0.6 is 31.9 Å². The standard InChI is InChI=1S/C12H13Br2NO4/c13-9-4-3-5(10(9)14)8-7(4)11(18)15(12(8)19)2-1-6(16)17/h4-5,7-10H,1-3H2,(H,16,17)/p-1/t4-,5+,7-,8+,9-,10-/m0/s1. The smallest absolute Gasteiger partial charge is 0.233 e. The molecule has 0 N–H and O–H groups in total. The Morgan fingerprint density at radius 3 is 2.05 bits per heavy atom. The van der Waals surface area contributed by atoms with Crippen LogP contribution in [0.15, 0.2) is 0 Å². The first kappa shape index (κ1) is 13.5. The number of carbonyl (C=O) groups excluding carboxylic acids is 3. The molecule has 1 saturated heterocycles. The molecule has 2 aliphatic carbocycles. The second-order valence-electron chi connectivity index (χ2n) is 5.45. The summed E-state index contributed by atoms with van der Waals surface area (Å²) in [6.45, 7) is -0.0632. The maximum atomic E-state index is 12.3. The number of rotatable bonds is 3. The van der Waals surface area contributed by atoms with Crippen LogP contribution < -0.4 is 5.11 Å². The monoisotopic (exact) mass is 392 g/mol. The summed E-state index contributed by atoms with van der Waals surface area (Å²) in [5.74, 6) is -1.83. The average molecular weight is 394 g/mol. The van der Waals surface area contributed by atoms with Crippen LogP contribution in [0.3, 0.4) is 0 Å². The van der Waals surface area contributed by atoms with Gasteiger partial charge in [-0.2, -0.15) is 0 Å². The van der Waals surface area contributed by atoms with E-state index in [1.54, 1.807) is 0 Å². The van der Waals surface area contributed by atoms with E-state index in [9.17, 15) is 19.5 Å². The third-order valence-corrected chi connectivity index (χ3v) is 7.82. The Labute approximate surface area is 127 Å². The molecule has 0 aromatic heterocycles. The van der Waals surface area contributed by atoms with E-state index < -0.39 is 5.97 Å². The summed E-state index contributed by atoms with van der Waals surface area (Å²) in [5.41, 5.74) is 0. The van der Waals surface area contributed by atoms with Crippen LogP contribution in [-0.4, -0.2) is 38.9 Å². The summed E-state index contributed by atoms with van der Waals surface area (Å²) in [7, 11) is 0. The molecule has 2 amide bonds. The number of likely N-dealkylation sites (tertiary alicyclic amines) is 1. The van der Waals surface area contributed by atoms with Crippen molar-refractivity contribution in [1.82, 2.24) is 4.90 Å². The number of carbonyl (C=O) groups is 3. The van der Waals surface area contributed by atoms with Crippen LogP contribution in [0.5, 0.6) is 0 Å². The molecule has 2 saturated carbocycles. The number of halogens is 2. The number of imide groups is 1.